The summed E-state index contributed by atoms with van der Waals surface area (Å²) in [5.74, 6) is -0.770. The number of esters is 1. The Morgan fingerprint density at radius 1 is 0.931 bits per heavy atom. The number of rotatable bonds is 4. The molecule has 1 amide bonds. The van der Waals surface area contributed by atoms with Crippen LogP contribution in [-0.2, 0) is 14.3 Å². The number of methoxy groups -OCH3 is 1. The van der Waals surface area contributed by atoms with E-state index in [0.29, 0.717) is 13.0 Å². The molecule has 158 valence electrons. The third kappa shape index (κ3) is 6.43. The van der Waals surface area contributed by atoms with Gasteiger partial charge in [-0.2, -0.15) is 0 Å². The van der Waals surface area contributed by atoms with E-state index < -0.39 is 12.0 Å². The van der Waals surface area contributed by atoms with E-state index >= 15 is 0 Å². The highest BCUT2D eigenvalue weighted by atomic mass is 16.5. The van der Waals surface area contributed by atoms with Crippen molar-refractivity contribution < 1.29 is 14.3 Å². The topological polar surface area (TPSA) is 72.6 Å². The number of carbonyl (C=O) groups excluding carboxylic acids is 2. The highest BCUT2D eigenvalue weighted by Gasteiger charge is 2.37. The van der Waals surface area contributed by atoms with Crippen molar-refractivity contribution in [3.8, 4) is 0 Å². The van der Waals surface area contributed by atoms with Gasteiger partial charge >= 0.3 is 5.97 Å². The van der Waals surface area contributed by atoms with Crippen LogP contribution < -0.4 is 5.73 Å². The van der Waals surface area contributed by atoms with Gasteiger partial charge in [-0.25, -0.2) is 4.79 Å². The number of likely N-dealkylation sites (tertiary alicyclic amines) is 1. The summed E-state index contributed by atoms with van der Waals surface area (Å²) >= 11 is 0. The predicted molar refractivity (Wildman–Crippen MR) is 118 cm³/mol. The minimum Gasteiger partial charge on any atom is -0.467 e. The number of nitrogens with two attached hydrogens (primary N) is 1. The summed E-state index contributed by atoms with van der Waals surface area (Å²) in [6.45, 7) is 4.59. The molecule has 2 aromatic carbocycles. The van der Waals surface area contributed by atoms with E-state index in [1.54, 1.807) is 4.90 Å². The molecule has 1 atom stereocenters. The number of piperidine rings is 1. The molecular formula is C24H34N2O3. The lowest BCUT2D eigenvalue weighted by atomic mass is 9.88. The van der Waals surface area contributed by atoms with E-state index in [1.165, 1.54) is 14.2 Å². The van der Waals surface area contributed by atoms with Crippen LogP contribution >= 0.6 is 0 Å². The Balaban J connectivity index is 0.000000989. The minimum atomic E-state index is -0.485. The van der Waals surface area contributed by atoms with Crippen LogP contribution in [0.3, 0.4) is 0 Å². The third-order valence-corrected chi connectivity index (χ3v) is 4.77. The number of carbonyl (C=O) groups is 2. The fourth-order valence-electron chi connectivity index (χ4n) is 3.51. The molecule has 1 aliphatic rings. The molecule has 3 rings (SSSR count). The molecular weight excluding hydrogens is 364 g/mol. The quantitative estimate of drug-likeness (QED) is 0.791. The molecule has 0 saturated carbocycles. The standard InChI is InChI=1S/C21H23NO3.C2H6.CH5N/c1-25-21(24)18-14-8-9-15-22(18)20(23)19(16-10-4-2-5-11-16)17-12-6-3-7-13-17;2*1-2/h2-7,10-13,18-19H,8-9,14-15H2,1H3;1-2H3;2H2,1H3. The molecule has 1 unspecified atom stereocenters. The van der Waals surface area contributed by atoms with E-state index in [9.17, 15) is 9.59 Å². The molecule has 0 aromatic heterocycles. The van der Waals surface area contributed by atoms with Gasteiger partial charge in [-0.1, -0.05) is 74.5 Å². The van der Waals surface area contributed by atoms with Gasteiger partial charge in [0.2, 0.25) is 5.91 Å². The maximum atomic E-state index is 13.4. The Hall–Kier alpha value is -2.66. The van der Waals surface area contributed by atoms with Gasteiger partial charge in [-0.15, -0.1) is 0 Å². The molecule has 1 saturated heterocycles. The summed E-state index contributed by atoms with van der Waals surface area (Å²) in [5.41, 5.74) is 6.38. The Labute approximate surface area is 174 Å². The normalized spacial score (nSPS) is 15.4. The van der Waals surface area contributed by atoms with Crippen molar-refractivity contribution in [2.24, 2.45) is 5.73 Å². The van der Waals surface area contributed by atoms with Crippen molar-refractivity contribution in [3.05, 3.63) is 71.8 Å². The maximum absolute atomic E-state index is 13.4. The van der Waals surface area contributed by atoms with Gasteiger partial charge in [-0.05, 0) is 37.4 Å². The van der Waals surface area contributed by atoms with E-state index in [1.807, 2.05) is 74.5 Å². The fraction of sp³-hybridized carbons (Fsp3) is 0.417. The molecule has 1 fully saturated rings. The molecule has 1 aliphatic heterocycles. The van der Waals surface area contributed by atoms with Crippen molar-refractivity contribution in [2.75, 3.05) is 20.7 Å². The number of hydrogen-bond acceptors (Lipinski definition) is 4. The Bertz CT molecular complexity index is 680. The van der Waals surface area contributed by atoms with Crippen LogP contribution in [0.4, 0.5) is 0 Å². The van der Waals surface area contributed by atoms with Crippen LogP contribution in [0.25, 0.3) is 0 Å². The Morgan fingerprint density at radius 2 is 1.41 bits per heavy atom. The Kier molecular flexibility index (Phi) is 11.4. The van der Waals surface area contributed by atoms with Crippen LogP contribution in [0.15, 0.2) is 60.7 Å². The molecule has 0 spiro atoms. The van der Waals surface area contributed by atoms with Crippen molar-refractivity contribution >= 4 is 11.9 Å². The number of benzene rings is 2. The highest BCUT2D eigenvalue weighted by Crippen LogP contribution is 2.30. The molecule has 0 radical (unpaired) electrons. The van der Waals surface area contributed by atoms with Gasteiger partial charge in [-0.3, -0.25) is 4.79 Å². The lowest BCUT2D eigenvalue weighted by Gasteiger charge is -2.36. The fourth-order valence-corrected chi connectivity index (χ4v) is 3.51. The average molecular weight is 399 g/mol. The zero-order valence-electron chi connectivity index (χ0n) is 18.0. The highest BCUT2D eigenvalue weighted by molar-refractivity contribution is 5.91. The first kappa shape index (κ1) is 24.4. The van der Waals surface area contributed by atoms with E-state index in [4.69, 9.17) is 4.74 Å². The monoisotopic (exact) mass is 398 g/mol. The van der Waals surface area contributed by atoms with Gasteiger partial charge in [0.1, 0.15) is 6.04 Å². The number of ether oxygens (including phenoxy) is 1. The average Bonchev–Trinajstić information content (AvgIpc) is 2.82. The Morgan fingerprint density at radius 3 is 1.86 bits per heavy atom. The van der Waals surface area contributed by atoms with E-state index in [0.717, 1.165) is 24.0 Å². The lowest BCUT2D eigenvalue weighted by molar-refractivity contribution is -0.154. The second-order valence-electron chi connectivity index (χ2n) is 6.32. The maximum Gasteiger partial charge on any atom is 0.328 e. The molecule has 0 aliphatic carbocycles. The summed E-state index contributed by atoms with van der Waals surface area (Å²) in [6.07, 6.45) is 2.51. The lowest BCUT2D eigenvalue weighted by Crippen LogP contribution is -2.50. The van der Waals surface area contributed by atoms with Gasteiger partial charge in [0.15, 0.2) is 0 Å². The first-order valence-electron chi connectivity index (χ1n) is 10.3. The van der Waals surface area contributed by atoms with Gasteiger partial charge in [0.05, 0.1) is 13.0 Å². The summed E-state index contributed by atoms with van der Waals surface area (Å²) in [5, 5.41) is 0. The SMILES string of the molecule is CC.CN.COC(=O)C1CCCCN1C(=O)C(c1ccccc1)c1ccccc1. The third-order valence-electron chi connectivity index (χ3n) is 4.77. The summed E-state index contributed by atoms with van der Waals surface area (Å²) < 4.78 is 4.93. The van der Waals surface area contributed by atoms with Gasteiger partial charge in [0, 0.05) is 6.54 Å². The zero-order valence-corrected chi connectivity index (χ0v) is 18.0. The van der Waals surface area contributed by atoms with Gasteiger partial charge < -0.3 is 15.4 Å². The van der Waals surface area contributed by atoms with Crippen molar-refractivity contribution in [1.29, 1.82) is 0 Å². The molecule has 0 bridgehead atoms. The zero-order chi connectivity index (χ0) is 21.6. The second-order valence-corrected chi connectivity index (χ2v) is 6.32. The van der Waals surface area contributed by atoms with Crippen molar-refractivity contribution in [3.63, 3.8) is 0 Å². The predicted octanol–water partition coefficient (Wildman–Crippen LogP) is 3.97. The molecule has 2 aromatic rings. The summed E-state index contributed by atoms with van der Waals surface area (Å²) in [7, 11) is 2.88. The molecule has 2 N–H and O–H groups in total. The number of hydrogen-bond donors (Lipinski definition) is 1. The minimum absolute atomic E-state index is 0.0347. The van der Waals surface area contributed by atoms with Gasteiger partial charge in [0.25, 0.3) is 0 Å². The number of nitrogens with zero attached hydrogens (tertiary/aromatic N) is 1. The smallest absolute Gasteiger partial charge is 0.328 e. The van der Waals surface area contributed by atoms with Crippen LogP contribution in [0, 0.1) is 0 Å². The first-order chi connectivity index (χ1) is 14.2. The second kappa shape index (κ2) is 13.5. The van der Waals surface area contributed by atoms with Crippen LogP contribution in [-0.4, -0.2) is 43.5 Å². The van der Waals surface area contributed by atoms with E-state index in [2.05, 4.69) is 5.73 Å². The van der Waals surface area contributed by atoms with Crippen molar-refractivity contribution in [1.82, 2.24) is 4.90 Å². The molecule has 5 heteroatoms. The molecule has 1 heterocycles. The first-order valence-corrected chi connectivity index (χ1v) is 10.3. The van der Waals surface area contributed by atoms with Crippen LogP contribution in [0.1, 0.15) is 50.2 Å². The van der Waals surface area contributed by atoms with E-state index in [-0.39, 0.29) is 11.9 Å². The largest absolute Gasteiger partial charge is 0.467 e. The molecule has 29 heavy (non-hydrogen) atoms. The summed E-state index contributed by atoms with van der Waals surface area (Å²) in [6, 6.07) is 19.0. The van der Waals surface area contributed by atoms with Crippen molar-refractivity contribution in [2.45, 2.75) is 45.1 Å². The molecule has 5 nitrogen and oxygen atoms in total. The number of amides is 1. The van der Waals surface area contributed by atoms with Crippen LogP contribution in [0.5, 0.6) is 0 Å². The summed E-state index contributed by atoms with van der Waals surface area (Å²) in [4.78, 5) is 27.3. The van der Waals surface area contributed by atoms with Crippen LogP contribution in [0.2, 0.25) is 0 Å².